The van der Waals surface area contributed by atoms with E-state index in [1.807, 2.05) is 31.2 Å². The first kappa shape index (κ1) is 14.0. The van der Waals surface area contributed by atoms with Crippen LogP contribution in [0.4, 0.5) is 5.69 Å². The lowest BCUT2D eigenvalue weighted by Gasteiger charge is -2.42. The molecule has 1 aliphatic rings. The predicted molar refractivity (Wildman–Crippen MR) is 78.3 cm³/mol. The topological polar surface area (TPSA) is 44.4 Å². The molecule has 2 rings (SSSR count). The summed E-state index contributed by atoms with van der Waals surface area (Å²) in [6, 6.07) is 7.86. The van der Waals surface area contributed by atoms with Gasteiger partial charge in [-0.15, -0.1) is 0 Å². The van der Waals surface area contributed by atoms with Crippen molar-refractivity contribution in [3.8, 4) is 0 Å². The lowest BCUT2D eigenvalue weighted by molar-refractivity contribution is -0.119. The van der Waals surface area contributed by atoms with E-state index in [1.54, 1.807) is 0 Å². The molecule has 1 amide bonds. The maximum Gasteiger partial charge on any atom is 0.238 e. The molecule has 0 spiro atoms. The highest BCUT2D eigenvalue weighted by Gasteiger charge is 2.30. The molecule has 1 saturated heterocycles. The summed E-state index contributed by atoms with van der Waals surface area (Å²) in [6.07, 6.45) is 0. The molecule has 104 valence electrons. The summed E-state index contributed by atoms with van der Waals surface area (Å²) in [6.45, 7) is 9.56. The van der Waals surface area contributed by atoms with Crippen LogP contribution in [0.2, 0.25) is 0 Å². The minimum Gasteiger partial charge on any atom is -0.325 e. The van der Waals surface area contributed by atoms with Gasteiger partial charge in [0.15, 0.2) is 0 Å². The number of piperazine rings is 1. The molecular weight excluding hydrogens is 238 g/mol. The zero-order chi connectivity index (χ0) is 13.9. The molecule has 0 bridgehead atoms. The Morgan fingerprint density at radius 1 is 1.42 bits per heavy atom. The van der Waals surface area contributed by atoms with E-state index in [9.17, 15) is 4.79 Å². The molecule has 4 heteroatoms. The van der Waals surface area contributed by atoms with Crippen molar-refractivity contribution in [2.45, 2.75) is 26.3 Å². The van der Waals surface area contributed by atoms with E-state index in [-0.39, 0.29) is 11.4 Å². The quantitative estimate of drug-likeness (QED) is 0.869. The molecule has 1 fully saturated rings. The Balaban J connectivity index is 1.96. The van der Waals surface area contributed by atoms with Crippen LogP contribution in [-0.2, 0) is 4.79 Å². The zero-order valence-corrected chi connectivity index (χ0v) is 12.0. The van der Waals surface area contributed by atoms with E-state index in [0.717, 1.165) is 30.9 Å². The van der Waals surface area contributed by atoms with Crippen molar-refractivity contribution < 1.29 is 4.79 Å². The van der Waals surface area contributed by atoms with Crippen LogP contribution >= 0.6 is 0 Å². The van der Waals surface area contributed by atoms with Gasteiger partial charge in [0.25, 0.3) is 0 Å². The number of anilines is 1. The van der Waals surface area contributed by atoms with Crippen molar-refractivity contribution in [3.05, 3.63) is 29.8 Å². The number of nitrogens with zero attached hydrogens (tertiary/aromatic N) is 1. The van der Waals surface area contributed by atoms with Gasteiger partial charge in [0, 0.05) is 30.9 Å². The molecule has 19 heavy (non-hydrogen) atoms. The molecule has 1 aromatic carbocycles. The Bertz CT molecular complexity index is 456. The summed E-state index contributed by atoms with van der Waals surface area (Å²) in [5.74, 6) is 0.0595. The number of carbonyl (C=O) groups excluding carboxylic acids is 1. The summed E-state index contributed by atoms with van der Waals surface area (Å²) in [4.78, 5) is 14.4. The first-order valence-electron chi connectivity index (χ1n) is 6.80. The van der Waals surface area contributed by atoms with Crippen LogP contribution in [0.15, 0.2) is 24.3 Å². The van der Waals surface area contributed by atoms with Gasteiger partial charge in [-0.05, 0) is 32.4 Å². The van der Waals surface area contributed by atoms with E-state index in [2.05, 4.69) is 29.4 Å². The van der Waals surface area contributed by atoms with Crippen molar-refractivity contribution in [3.63, 3.8) is 0 Å². The van der Waals surface area contributed by atoms with Crippen molar-refractivity contribution in [1.29, 1.82) is 0 Å². The zero-order valence-electron chi connectivity index (χ0n) is 12.0. The van der Waals surface area contributed by atoms with Gasteiger partial charge in [0.1, 0.15) is 0 Å². The highest BCUT2D eigenvalue weighted by Crippen LogP contribution is 2.17. The monoisotopic (exact) mass is 261 g/mol. The van der Waals surface area contributed by atoms with Crippen molar-refractivity contribution in [1.82, 2.24) is 10.2 Å². The molecule has 1 aliphatic heterocycles. The molecule has 0 saturated carbocycles. The van der Waals surface area contributed by atoms with Gasteiger partial charge >= 0.3 is 0 Å². The molecule has 0 aromatic heterocycles. The van der Waals surface area contributed by atoms with Crippen LogP contribution in [0.1, 0.15) is 19.4 Å². The second kappa shape index (κ2) is 5.72. The number of nitrogens with one attached hydrogen (secondary N) is 2. The molecular formula is C15H23N3O. The Hall–Kier alpha value is -1.39. The normalized spacial score (nSPS) is 19.1. The molecule has 0 radical (unpaired) electrons. The number of aryl methyl sites for hydroxylation is 1. The Kier molecular flexibility index (Phi) is 4.22. The van der Waals surface area contributed by atoms with Gasteiger partial charge in [-0.1, -0.05) is 18.2 Å². The number of rotatable bonds is 3. The Morgan fingerprint density at radius 3 is 2.84 bits per heavy atom. The summed E-state index contributed by atoms with van der Waals surface area (Å²) >= 11 is 0. The Morgan fingerprint density at radius 2 is 2.16 bits per heavy atom. The van der Waals surface area contributed by atoms with Gasteiger partial charge in [-0.25, -0.2) is 0 Å². The second-order valence-electron chi connectivity index (χ2n) is 5.77. The highest BCUT2D eigenvalue weighted by molar-refractivity contribution is 5.93. The second-order valence-corrected chi connectivity index (χ2v) is 5.77. The SMILES string of the molecule is Cc1ccccc1NC(=O)CN1CCNCC1(C)C. The van der Waals surface area contributed by atoms with E-state index in [0.29, 0.717) is 6.54 Å². The van der Waals surface area contributed by atoms with Gasteiger partial charge in [0.2, 0.25) is 5.91 Å². The minimum atomic E-state index is 0.0291. The van der Waals surface area contributed by atoms with E-state index >= 15 is 0 Å². The molecule has 1 heterocycles. The number of hydrogen-bond donors (Lipinski definition) is 2. The van der Waals surface area contributed by atoms with Gasteiger partial charge in [-0.3, -0.25) is 9.69 Å². The fraction of sp³-hybridized carbons (Fsp3) is 0.533. The summed E-state index contributed by atoms with van der Waals surface area (Å²) in [5.41, 5.74) is 2.03. The van der Waals surface area contributed by atoms with Crippen LogP contribution in [-0.4, -0.2) is 42.5 Å². The highest BCUT2D eigenvalue weighted by atomic mass is 16.2. The summed E-state index contributed by atoms with van der Waals surface area (Å²) in [5, 5.41) is 6.36. The van der Waals surface area contributed by atoms with Gasteiger partial charge in [0.05, 0.1) is 6.54 Å². The van der Waals surface area contributed by atoms with Crippen LogP contribution in [0.3, 0.4) is 0 Å². The summed E-state index contributed by atoms with van der Waals surface area (Å²) < 4.78 is 0. The molecule has 0 atom stereocenters. The number of amides is 1. The van der Waals surface area contributed by atoms with Crippen molar-refractivity contribution in [2.75, 3.05) is 31.5 Å². The number of carbonyl (C=O) groups is 1. The largest absolute Gasteiger partial charge is 0.325 e. The maximum absolute atomic E-state index is 12.1. The number of hydrogen-bond acceptors (Lipinski definition) is 3. The fourth-order valence-electron chi connectivity index (χ4n) is 2.39. The van der Waals surface area contributed by atoms with Crippen LogP contribution in [0.25, 0.3) is 0 Å². The number of para-hydroxylation sites is 1. The fourth-order valence-corrected chi connectivity index (χ4v) is 2.39. The van der Waals surface area contributed by atoms with E-state index in [1.165, 1.54) is 0 Å². The standard InChI is InChI=1S/C15H23N3O/c1-12-6-4-5-7-13(12)17-14(19)10-18-9-8-16-11-15(18,2)3/h4-7,16H,8-11H2,1-3H3,(H,17,19). The predicted octanol–water partition coefficient (Wildman–Crippen LogP) is 1.62. The van der Waals surface area contributed by atoms with Crippen LogP contribution in [0.5, 0.6) is 0 Å². The van der Waals surface area contributed by atoms with Gasteiger partial charge in [-0.2, -0.15) is 0 Å². The number of benzene rings is 1. The molecule has 2 N–H and O–H groups in total. The van der Waals surface area contributed by atoms with E-state index in [4.69, 9.17) is 0 Å². The van der Waals surface area contributed by atoms with Crippen molar-refractivity contribution in [2.24, 2.45) is 0 Å². The first-order valence-corrected chi connectivity index (χ1v) is 6.80. The molecule has 0 unspecified atom stereocenters. The smallest absolute Gasteiger partial charge is 0.238 e. The average Bonchev–Trinajstić information content (AvgIpc) is 2.35. The maximum atomic E-state index is 12.1. The minimum absolute atomic E-state index is 0.0291. The molecule has 4 nitrogen and oxygen atoms in total. The van der Waals surface area contributed by atoms with Crippen LogP contribution < -0.4 is 10.6 Å². The Labute approximate surface area is 115 Å². The third-order valence-corrected chi connectivity index (χ3v) is 3.73. The van der Waals surface area contributed by atoms with E-state index < -0.39 is 0 Å². The average molecular weight is 261 g/mol. The lowest BCUT2D eigenvalue weighted by atomic mass is 10.0. The van der Waals surface area contributed by atoms with Crippen molar-refractivity contribution >= 4 is 11.6 Å². The van der Waals surface area contributed by atoms with Gasteiger partial charge < -0.3 is 10.6 Å². The lowest BCUT2D eigenvalue weighted by Crippen LogP contribution is -2.59. The third kappa shape index (κ3) is 3.55. The molecule has 1 aromatic rings. The first-order chi connectivity index (χ1) is 8.99. The van der Waals surface area contributed by atoms with Crippen LogP contribution in [0, 0.1) is 6.92 Å². The summed E-state index contributed by atoms with van der Waals surface area (Å²) in [7, 11) is 0. The molecule has 0 aliphatic carbocycles. The third-order valence-electron chi connectivity index (χ3n) is 3.73.